The molecular formula is C16H25NO3. The lowest BCUT2D eigenvalue weighted by molar-refractivity contribution is 0.0587. The highest BCUT2D eigenvalue weighted by Crippen LogP contribution is 2.08. The Bertz CT molecular complexity index is 389. The minimum Gasteiger partial charge on any atom is -0.391 e. The number of aliphatic hydroxyl groups excluding tert-OH is 1. The fourth-order valence-corrected chi connectivity index (χ4v) is 1.93. The molecule has 0 saturated heterocycles. The zero-order chi connectivity index (χ0) is 14.8. The van der Waals surface area contributed by atoms with E-state index in [1.165, 1.54) is 18.4 Å². The lowest BCUT2D eigenvalue weighted by Crippen LogP contribution is -2.28. The fraction of sp³-hybridized carbons (Fsp3) is 0.562. The average Bonchev–Trinajstić information content (AvgIpc) is 2.46. The first kappa shape index (κ1) is 16.7. The minimum absolute atomic E-state index is 0.100. The third kappa shape index (κ3) is 6.17. The maximum absolute atomic E-state index is 11.9. The molecule has 1 rings (SSSR count). The Morgan fingerprint density at radius 1 is 1.35 bits per heavy atom. The lowest BCUT2D eigenvalue weighted by Gasteiger charge is -2.10. The number of rotatable bonds is 9. The van der Waals surface area contributed by atoms with E-state index >= 15 is 0 Å². The summed E-state index contributed by atoms with van der Waals surface area (Å²) in [7, 11) is 1.54. The zero-order valence-corrected chi connectivity index (χ0v) is 12.4. The summed E-state index contributed by atoms with van der Waals surface area (Å²) in [5.74, 6) is -0.100. The van der Waals surface area contributed by atoms with Crippen molar-refractivity contribution < 1.29 is 14.6 Å². The van der Waals surface area contributed by atoms with Gasteiger partial charge in [-0.15, -0.1) is 0 Å². The fourth-order valence-electron chi connectivity index (χ4n) is 1.93. The third-order valence-electron chi connectivity index (χ3n) is 3.16. The Kier molecular flexibility index (Phi) is 7.92. The van der Waals surface area contributed by atoms with E-state index < -0.39 is 6.10 Å². The molecule has 0 aliphatic carbocycles. The number of carbonyl (C=O) groups is 1. The van der Waals surface area contributed by atoms with Crippen molar-refractivity contribution in [3.8, 4) is 0 Å². The Morgan fingerprint density at radius 3 is 2.65 bits per heavy atom. The van der Waals surface area contributed by atoms with Gasteiger partial charge in [0.05, 0.1) is 12.7 Å². The number of hydrogen-bond donors (Lipinski definition) is 2. The van der Waals surface area contributed by atoms with Crippen molar-refractivity contribution in [3.05, 3.63) is 35.4 Å². The monoisotopic (exact) mass is 279 g/mol. The standard InChI is InChI=1S/C16H25NO3/c1-3-4-5-13-6-8-14(9-7-13)16(19)17-11-10-15(18)12-20-2/h6-9,15,18H,3-5,10-12H2,1-2H3,(H,17,19). The Balaban J connectivity index is 2.36. The molecule has 0 heterocycles. The molecule has 1 amide bonds. The number of benzene rings is 1. The van der Waals surface area contributed by atoms with Crippen molar-refractivity contribution in [2.24, 2.45) is 0 Å². The van der Waals surface area contributed by atoms with Crippen LogP contribution in [0, 0.1) is 0 Å². The van der Waals surface area contributed by atoms with Crippen LogP contribution in [0.4, 0.5) is 0 Å². The molecule has 1 atom stereocenters. The van der Waals surface area contributed by atoms with Gasteiger partial charge in [-0.3, -0.25) is 4.79 Å². The van der Waals surface area contributed by atoms with Gasteiger partial charge in [0.2, 0.25) is 0 Å². The van der Waals surface area contributed by atoms with Gasteiger partial charge in [0.25, 0.3) is 5.91 Å². The van der Waals surface area contributed by atoms with Gasteiger partial charge < -0.3 is 15.2 Å². The van der Waals surface area contributed by atoms with E-state index in [0.717, 1.165) is 6.42 Å². The number of aryl methyl sites for hydroxylation is 1. The summed E-state index contributed by atoms with van der Waals surface area (Å²) in [6, 6.07) is 7.71. The minimum atomic E-state index is -0.531. The first-order chi connectivity index (χ1) is 9.67. The van der Waals surface area contributed by atoms with Crippen molar-refractivity contribution in [1.82, 2.24) is 5.32 Å². The quantitative estimate of drug-likeness (QED) is 0.728. The molecule has 2 N–H and O–H groups in total. The summed E-state index contributed by atoms with van der Waals surface area (Å²) in [5.41, 5.74) is 1.92. The summed E-state index contributed by atoms with van der Waals surface area (Å²) in [4.78, 5) is 11.9. The third-order valence-corrected chi connectivity index (χ3v) is 3.16. The molecule has 0 aromatic heterocycles. The smallest absolute Gasteiger partial charge is 0.251 e. The second-order valence-electron chi connectivity index (χ2n) is 4.95. The van der Waals surface area contributed by atoms with E-state index in [1.807, 2.05) is 24.3 Å². The molecule has 1 aromatic carbocycles. The van der Waals surface area contributed by atoms with E-state index in [1.54, 1.807) is 7.11 Å². The van der Waals surface area contributed by atoms with Gasteiger partial charge in [-0.1, -0.05) is 25.5 Å². The number of amides is 1. The predicted octanol–water partition coefficient (Wildman–Crippen LogP) is 2.16. The van der Waals surface area contributed by atoms with Crippen LogP contribution < -0.4 is 5.32 Å². The van der Waals surface area contributed by atoms with Crippen LogP contribution in [-0.2, 0) is 11.2 Å². The predicted molar refractivity (Wildman–Crippen MR) is 79.9 cm³/mol. The molecule has 4 nitrogen and oxygen atoms in total. The summed E-state index contributed by atoms with van der Waals surface area (Å²) < 4.78 is 4.83. The maximum Gasteiger partial charge on any atom is 0.251 e. The molecule has 4 heteroatoms. The number of hydrogen-bond acceptors (Lipinski definition) is 3. The zero-order valence-electron chi connectivity index (χ0n) is 12.4. The van der Waals surface area contributed by atoms with Crippen molar-refractivity contribution in [2.75, 3.05) is 20.3 Å². The van der Waals surface area contributed by atoms with Crippen LogP contribution in [0.2, 0.25) is 0 Å². The van der Waals surface area contributed by atoms with Gasteiger partial charge in [0.1, 0.15) is 0 Å². The number of carbonyl (C=O) groups excluding carboxylic acids is 1. The summed E-state index contributed by atoms with van der Waals surface area (Å²) >= 11 is 0. The number of ether oxygens (including phenoxy) is 1. The van der Waals surface area contributed by atoms with Gasteiger partial charge >= 0.3 is 0 Å². The van der Waals surface area contributed by atoms with Gasteiger partial charge in [0, 0.05) is 19.2 Å². The van der Waals surface area contributed by atoms with Crippen molar-refractivity contribution in [3.63, 3.8) is 0 Å². The maximum atomic E-state index is 11.9. The van der Waals surface area contributed by atoms with E-state index in [9.17, 15) is 9.90 Å². The van der Waals surface area contributed by atoms with Crippen molar-refractivity contribution in [1.29, 1.82) is 0 Å². The van der Waals surface area contributed by atoms with Crippen LogP contribution in [0.25, 0.3) is 0 Å². The second kappa shape index (κ2) is 9.50. The molecule has 0 aliphatic rings. The molecule has 0 fully saturated rings. The molecule has 20 heavy (non-hydrogen) atoms. The van der Waals surface area contributed by atoms with Crippen LogP contribution in [0.5, 0.6) is 0 Å². The normalized spacial score (nSPS) is 12.2. The Morgan fingerprint density at radius 2 is 2.05 bits per heavy atom. The van der Waals surface area contributed by atoms with E-state index in [-0.39, 0.29) is 5.91 Å². The molecule has 1 aromatic rings. The van der Waals surface area contributed by atoms with Crippen LogP contribution in [-0.4, -0.2) is 37.4 Å². The highest BCUT2D eigenvalue weighted by molar-refractivity contribution is 5.94. The molecule has 0 radical (unpaired) electrons. The molecule has 0 bridgehead atoms. The molecule has 0 spiro atoms. The highest BCUT2D eigenvalue weighted by atomic mass is 16.5. The average molecular weight is 279 g/mol. The van der Waals surface area contributed by atoms with Gasteiger partial charge in [-0.05, 0) is 37.0 Å². The van der Waals surface area contributed by atoms with Gasteiger partial charge in [0.15, 0.2) is 0 Å². The summed E-state index contributed by atoms with van der Waals surface area (Å²) in [6.07, 6.45) is 3.36. The highest BCUT2D eigenvalue weighted by Gasteiger charge is 2.07. The topological polar surface area (TPSA) is 58.6 Å². The van der Waals surface area contributed by atoms with Crippen LogP contribution in [0.3, 0.4) is 0 Å². The van der Waals surface area contributed by atoms with Crippen molar-refractivity contribution >= 4 is 5.91 Å². The van der Waals surface area contributed by atoms with E-state index in [4.69, 9.17) is 4.74 Å². The second-order valence-corrected chi connectivity index (χ2v) is 4.95. The summed E-state index contributed by atoms with van der Waals surface area (Å²) in [5, 5.41) is 12.3. The number of nitrogens with one attached hydrogen (secondary N) is 1. The molecule has 112 valence electrons. The largest absolute Gasteiger partial charge is 0.391 e. The van der Waals surface area contributed by atoms with Crippen LogP contribution in [0.1, 0.15) is 42.1 Å². The SMILES string of the molecule is CCCCc1ccc(C(=O)NCCC(O)COC)cc1. The lowest BCUT2D eigenvalue weighted by atomic mass is 10.1. The Hall–Kier alpha value is -1.39. The Labute approximate surface area is 121 Å². The molecule has 0 saturated carbocycles. The van der Waals surface area contributed by atoms with E-state index in [0.29, 0.717) is 25.1 Å². The molecule has 0 aliphatic heterocycles. The van der Waals surface area contributed by atoms with Crippen LogP contribution >= 0.6 is 0 Å². The van der Waals surface area contributed by atoms with Crippen LogP contribution in [0.15, 0.2) is 24.3 Å². The molecule has 1 unspecified atom stereocenters. The molecular weight excluding hydrogens is 254 g/mol. The van der Waals surface area contributed by atoms with E-state index in [2.05, 4.69) is 12.2 Å². The summed E-state index contributed by atoms with van der Waals surface area (Å²) in [6.45, 7) is 2.91. The van der Waals surface area contributed by atoms with Gasteiger partial charge in [-0.25, -0.2) is 0 Å². The first-order valence-corrected chi connectivity index (χ1v) is 7.21. The van der Waals surface area contributed by atoms with Gasteiger partial charge in [-0.2, -0.15) is 0 Å². The number of unbranched alkanes of at least 4 members (excludes halogenated alkanes) is 1. The number of aliphatic hydroxyl groups is 1. The first-order valence-electron chi connectivity index (χ1n) is 7.21. The van der Waals surface area contributed by atoms with Crippen molar-refractivity contribution in [2.45, 2.75) is 38.7 Å². The number of methoxy groups -OCH3 is 1.